The minimum Gasteiger partial charge on any atom is -0.339 e. The summed E-state index contributed by atoms with van der Waals surface area (Å²) in [5.41, 5.74) is 1.13. The van der Waals surface area contributed by atoms with E-state index in [1.165, 1.54) is 6.42 Å². The van der Waals surface area contributed by atoms with E-state index in [1.807, 2.05) is 4.90 Å². The first-order chi connectivity index (χ1) is 8.54. The number of hydrogen-bond acceptors (Lipinski definition) is 2. The molecular formula is C14H19BrN2O. The van der Waals surface area contributed by atoms with Gasteiger partial charge >= 0.3 is 0 Å². The maximum Gasteiger partial charge on any atom is 0.254 e. The third kappa shape index (κ3) is 2.91. The van der Waals surface area contributed by atoms with Crippen molar-refractivity contribution in [2.24, 2.45) is 5.41 Å². The van der Waals surface area contributed by atoms with Crippen molar-refractivity contribution in [2.75, 3.05) is 13.1 Å². The Labute approximate surface area is 117 Å². The molecule has 0 spiro atoms. The second-order valence-corrected chi connectivity index (χ2v) is 6.14. The Morgan fingerprint density at radius 2 is 2.17 bits per heavy atom. The molecule has 4 heteroatoms. The molecule has 1 fully saturated rings. The number of hydrogen-bond donors (Lipinski definition) is 0. The molecule has 0 aromatic carbocycles. The van der Waals surface area contributed by atoms with Gasteiger partial charge in [0.2, 0.25) is 0 Å². The lowest BCUT2D eigenvalue weighted by Crippen LogP contribution is -2.41. The van der Waals surface area contributed by atoms with Gasteiger partial charge in [-0.15, -0.1) is 0 Å². The monoisotopic (exact) mass is 310 g/mol. The summed E-state index contributed by atoms with van der Waals surface area (Å²) in [7, 11) is 0. The number of nitrogens with zero attached hydrogens (tertiary/aromatic N) is 2. The Bertz CT molecular complexity index is 439. The lowest BCUT2D eigenvalue weighted by atomic mass is 9.78. The summed E-state index contributed by atoms with van der Waals surface area (Å²) in [6, 6.07) is 3.57. The number of piperidine rings is 1. The topological polar surface area (TPSA) is 33.2 Å². The van der Waals surface area contributed by atoms with Crippen LogP contribution in [-0.2, 0) is 0 Å². The van der Waals surface area contributed by atoms with E-state index >= 15 is 0 Å². The summed E-state index contributed by atoms with van der Waals surface area (Å²) in [6.07, 6.45) is 5.05. The third-order valence-corrected chi connectivity index (χ3v) is 4.52. The third-order valence-electron chi connectivity index (χ3n) is 4.08. The lowest BCUT2D eigenvalue weighted by Gasteiger charge is -2.38. The van der Waals surface area contributed by atoms with Crippen LogP contribution in [0.25, 0.3) is 0 Å². The molecule has 2 heterocycles. The average Bonchev–Trinajstić information content (AvgIpc) is 2.39. The summed E-state index contributed by atoms with van der Waals surface area (Å²) in [5, 5.41) is 0. The van der Waals surface area contributed by atoms with E-state index in [1.54, 1.807) is 18.3 Å². The van der Waals surface area contributed by atoms with Crippen LogP contribution in [0.5, 0.6) is 0 Å². The molecule has 0 bridgehead atoms. The summed E-state index contributed by atoms with van der Waals surface area (Å²) in [5.74, 6) is 0.122. The molecule has 0 N–H and O–H groups in total. The van der Waals surface area contributed by atoms with Gasteiger partial charge in [-0.05, 0) is 46.3 Å². The van der Waals surface area contributed by atoms with Gasteiger partial charge in [-0.3, -0.25) is 4.79 Å². The molecule has 1 saturated heterocycles. The standard InChI is InChI=1S/C14H19BrN2O/c1-3-14(2)5-8-17(9-6-14)13(18)11-4-7-16-12(15)10-11/h4,7,10H,3,5-6,8-9H2,1-2H3. The van der Waals surface area contributed by atoms with Gasteiger partial charge in [0, 0.05) is 24.8 Å². The molecular weight excluding hydrogens is 292 g/mol. The van der Waals surface area contributed by atoms with Gasteiger partial charge < -0.3 is 4.90 Å². The number of pyridine rings is 1. The van der Waals surface area contributed by atoms with Crippen LogP contribution in [0.4, 0.5) is 0 Å². The first kappa shape index (κ1) is 13.5. The average molecular weight is 311 g/mol. The van der Waals surface area contributed by atoms with Crippen LogP contribution >= 0.6 is 15.9 Å². The van der Waals surface area contributed by atoms with Crippen molar-refractivity contribution in [1.82, 2.24) is 9.88 Å². The molecule has 0 unspecified atom stereocenters. The minimum atomic E-state index is 0.122. The van der Waals surface area contributed by atoms with Crippen molar-refractivity contribution in [3.8, 4) is 0 Å². The van der Waals surface area contributed by atoms with Gasteiger partial charge in [-0.1, -0.05) is 20.3 Å². The van der Waals surface area contributed by atoms with Crippen molar-refractivity contribution >= 4 is 21.8 Å². The van der Waals surface area contributed by atoms with Crippen molar-refractivity contribution in [2.45, 2.75) is 33.1 Å². The quantitative estimate of drug-likeness (QED) is 0.783. The van der Waals surface area contributed by atoms with E-state index in [0.29, 0.717) is 10.0 Å². The SMILES string of the molecule is CCC1(C)CCN(C(=O)c2ccnc(Br)c2)CC1. The number of amides is 1. The zero-order valence-electron chi connectivity index (χ0n) is 10.9. The van der Waals surface area contributed by atoms with Gasteiger partial charge in [0.05, 0.1) is 0 Å². The number of carbonyl (C=O) groups is 1. The second-order valence-electron chi connectivity index (χ2n) is 5.32. The highest BCUT2D eigenvalue weighted by molar-refractivity contribution is 9.10. The molecule has 2 rings (SSSR count). The van der Waals surface area contributed by atoms with Crippen LogP contribution in [0.2, 0.25) is 0 Å². The van der Waals surface area contributed by atoms with E-state index < -0.39 is 0 Å². The van der Waals surface area contributed by atoms with E-state index in [4.69, 9.17) is 0 Å². The molecule has 1 aromatic rings. The van der Waals surface area contributed by atoms with Crippen molar-refractivity contribution in [3.05, 3.63) is 28.5 Å². The zero-order valence-corrected chi connectivity index (χ0v) is 12.5. The lowest BCUT2D eigenvalue weighted by molar-refractivity contribution is 0.0600. The molecule has 0 radical (unpaired) electrons. The van der Waals surface area contributed by atoms with Crippen molar-refractivity contribution in [1.29, 1.82) is 0 Å². The van der Waals surface area contributed by atoms with Gasteiger partial charge in [-0.2, -0.15) is 0 Å². The Kier molecular flexibility index (Phi) is 4.05. The number of halogens is 1. The molecule has 1 aliphatic rings. The highest BCUT2D eigenvalue weighted by Crippen LogP contribution is 2.34. The van der Waals surface area contributed by atoms with Crippen LogP contribution in [-0.4, -0.2) is 28.9 Å². The predicted octanol–water partition coefficient (Wildman–Crippen LogP) is 3.50. The summed E-state index contributed by atoms with van der Waals surface area (Å²) in [4.78, 5) is 18.3. The molecule has 0 saturated carbocycles. The fourth-order valence-electron chi connectivity index (χ4n) is 2.32. The molecule has 0 aliphatic carbocycles. The fraction of sp³-hybridized carbons (Fsp3) is 0.571. The normalized spacial score (nSPS) is 18.7. The van der Waals surface area contributed by atoms with Gasteiger partial charge in [-0.25, -0.2) is 4.98 Å². The summed E-state index contributed by atoms with van der Waals surface area (Å²) < 4.78 is 0.712. The minimum absolute atomic E-state index is 0.122. The first-order valence-corrected chi connectivity index (χ1v) is 7.24. The number of aromatic nitrogens is 1. The number of carbonyl (C=O) groups excluding carboxylic acids is 1. The predicted molar refractivity (Wildman–Crippen MR) is 75.5 cm³/mol. The molecule has 18 heavy (non-hydrogen) atoms. The zero-order chi connectivity index (χ0) is 13.2. The molecule has 1 aliphatic heterocycles. The van der Waals surface area contributed by atoms with Gasteiger partial charge in [0.1, 0.15) is 4.60 Å². The smallest absolute Gasteiger partial charge is 0.254 e. The van der Waals surface area contributed by atoms with Crippen LogP contribution in [0.3, 0.4) is 0 Å². The number of likely N-dealkylation sites (tertiary alicyclic amines) is 1. The Hall–Kier alpha value is -0.900. The van der Waals surface area contributed by atoms with Crippen molar-refractivity contribution in [3.63, 3.8) is 0 Å². The largest absolute Gasteiger partial charge is 0.339 e. The molecule has 0 atom stereocenters. The van der Waals surface area contributed by atoms with Crippen LogP contribution in [0.1, 0.15) is 43.5 Å². The Morgan fingerprint density at radius 3 is 2.72 bits per heavy atom. The van der Waals surface area contributed by atoms with Gasteiger partial charge in [0.25, 0.3) is 5.91 Å². The number of rotatable bonds is 2. The molecule has 1 amide bonds. The molecule has 3 nitrogen and oxygen atoms in total. The van der Waals surface area contributed by atoms with E-state index in [2.05, 4.69) is 34.8 Å². The van der Waals surface area contributed by atoms with Crippen molar-refractivity contribution < 1.29 is 4.79 Å². The Morgan fingerprint density at radius 1 is 1.50 bits per heavy atom. The van der Waals surface area contributed by atoms with Crippen LogP contribution < -0.4 is 0 Å². The second kappa shape index (κ2) is 5.39. The molecule has 1 aromatic heterocycles. The van der Waals surface area contributed by atoms with Gasteiger partial charge in [0.15, 0.2) is 0 Å². The van der Waals surface area contributed by atoms with E-state index in [-0.39, 0.29) is 5.91 Å². The maximum absolute atomic E-state index is 12.3. The van der Waals surface area contributed by atoms with Crippen LogP contribution in [0, 0.1) is 5.41 Å². The summed E-state index contributed by atoms with van der Waals surface area (Å²) >= 11 is 3.30. The highest BCUT2D eigenvalue weighted by Gasteiger charge is 2.30. The first-order valence-electron chi connectivity index (χ1n) is 6.45. The maximum atomic E-state index is 12.3. The highest BCUT2D eigenvalue weighted by atomic mass is 79.9. The summed E-state index contributed by atoms with van der Waals surface area (Å²) in [6.45, 7) is 6.28. The van der Waals surface area contributed by atoms with Crippen LogP contribution in [0.15, 0.2) is 22.9 Å². The van der Waals surface area contributed by atoms with E-state index in [9.17, 15) is 4.79 Å². The fourth-order valence-corrected chi connectivity index (χ4v) is 2.69. The Balaban J connectivity index is 2.04. The van der Waals surface area contributed by atoms with E-state index in [0.717, 1.165) is 31.5 Å². The molecule has 98 valence electrons.